The van der Waals surface area contributed by atoms with Crippen molar-refractivity contribution in [2.75, 3.05) is 26.9 Å². The highest BCUT2D eigenvalue weighted by molar-refractivity contribution is 6.03. The lowest BCUT2D eigenvalue weighted by molar-refractivity contribution is -0.258. The number of phenolic OH excluding ortho intramolecular Hbond substituents is 1. The van der Waals surface area contributed by atoms with E-state index in [0.717, 1.165) is 65.3 Å². The quantitative estimate of drug-likeness (QED) is 0.0673. The summed E-state index contributed by atoms with van der Waals surface area (Å²) in [4.78, 5) is 22.7. The van der Waals surface area contributed by atoms with Gasteiger partial charge in [-0.05, 0) is 90.0 Å². The summed E-state index contributed by atoms with van der Waals surface area (Å²) >= 11 is 0. The second-order valence-electron chi connectivity index (χ2n) is 16.3. The maximum atomic E-state index is 15.1. The molecule has 1 heterocycles. The van der Waals surface area contributed by atoms with Crippen LogP contribution in [0.1, 0.15) is 101 Å². The number of carbonyl (C=O) groups excluding carboxylic acids is 1. The molecule has 0 radical (unpaired) electrons. The van der Waals surface area contributed by atoms with Gasteiger partial charge in [0.25, 0.3) is 0 Å². The zero-order chi connectivity index (χ0) is 39.1. The van der Waals surface area contributed by atoms with Gasteiger partial charge in [0, 0.05) is 44.1 Å². The third kappa shape index (κ3) is 8.13. The smallest absolute Gasteiger partial charge is 0.239 e. The number of oxime groups is 1. The number of hydrogen-bond acceptors (Lipinski definition) is 8. The summed E-state index contributed by atoms with van der Waals surface area (Å²) in [6, 6.07) is 19.4. The molecule has 2 saturated carbocycles. The molecule has 7 rings (SSSR count). The van der Waals surface area contributed by atoms with Crippen LogP contribution in [0.4, 0.5) is 0 Å². The first-order valence-corrected chi connectivity index (χ1v) is 21.0. The summed E-state index contributed by atoms with van der Waals surface area (Å²) in [6.45, 7) is 4.86. The van der Waals surface area contributed by atoms with Gasteiger partial charge in [-0.15, -0.1) is 6.58 Å². The van der Waals surface area contributed by atoms with Crippen LogP contribution in [0.15, 0.2) is 90.1 Å². The third-order valence-corrected chi connectivity index (χ3v) is 13.0. The summed E-state index contributed by atoms with van der Waals surface area (Å²) in [7, 11) is 1.57. The van der Waals surface area contributed by atoms with Crippen molar-refractivity contribution >= 4 is 22.4 Å². The van der Waals surface area contributed by atoms with Crippen LogP contribution in [0.3, 0.4) is 0 Å². The minimum absolute atomic E-state index is 0.0643. The Morgan fingerprint density at radius 2 is 1.77 bits per heavy atom. The largest absolute Gasteiger partial charge is 0.508 e. The van der Waals surface area contributed by atoms with E-state index in [-0.39, 0.29) is 49.2 Å². The zero-order valence-electron chi connectivity index (χ0n) is 33.0. The molecule has 0 spiro atoms. The standard InChI is InChI=1S/C47H60N2O7/c1-3-27-55-47-43(49(44(53)24-21-32-13-4-5-14-32)31-35-18-12-17-33-15-6-7-19-37(33)35)30-41(48-54-2)39-28-34(16-8-10-25-50)38(20-9-11-26-51)45(46(39)47)40-29-36(52)22-23-42(40)56-47/h3,6-7,12,15,17-19,22-23,28-29,32,34,38,43,45-46,50-52H,1,4-5,8-11,13-14,16,20-21,24-27,30-31H2,2H3. The summed E-state index contributed by atoms with van der Waals surface area (Å²) < 4.78 is 14.4. The number of phenols is 1. The van der Waals surface area contributed by atoms with Crippen LogP contribution in [0, 0.1) is 23.7 Å². The Balaban J connectivity index is 1.42. The number of aliphatic hydroxyl groups is 2. The number of ether oxygens (including phenoxy) is 2. The number of aromatic hydroxyl groups is 1. The normalized spacial score (nSPS) is 26.3. The van der Waals surface area contributed by atoms with Crippen molar-refractivity contribution in [3.8, 4) is 11.5 Å². The van der Waals surface area contributed by atoms with Gasteiger partial charge in [0.05, 0.1) is 18.2 Å². The topological polar surface area (TPSA) is 121 Å². The number of allylic oxidation sites excluding steroid dienone is 1. The van der Waals surface area contributed by atoms with Crippen LogP contribution < -0.4 is 4.74 Å². The first-order chi connectivity index (χ1) is 27.4. The van der Waals surface area contributed by atoms with Crippen LogP contribution in [0.2, 0.25) is 0 Å². The van der Waals surface area contributed by atoms with Gasteiger partial charge in [-0.25, -0.2) is 0 Å². The van der Waals surface area contributed by atoms with Crippen LogP contribution in [0.5, 0.6) is 11.5 Å². The number of amides is 1. The molecule has 1 aliphatic heterocycles. The Morgan fingerprint density at radius 3 is 2.54 bits per heavy atom. The molecule has 0 aromatic heterocycles. The van der Waals surface area contributed by atoms with Crippen molar-refractivity contribution in [2.45, 2.75) is 108 Å². The number of unbranched alkanes of at least 4 members (excludes halogenated alkanes) is 2. The van der Waals surface area contributed by atoms with Crippen LogP contribution in [-0.4, -0.2) is 70.6 Å². The average molecular weight is 765 g/mol. The predicted octanol–water partition coefficient (Wildman–Crippen LogP) is 8.81. The highest BCUT2D eigenvalue weighted by Gasteiger charge is 2.65. The molecule has 2 fully saturated rings. The fourth-order valence-electron chi connectivity index (χ4n) is 10.5. The number of rotatable bonds is 18. The molecule has 3 N–H and O–H groups in total. The molecule has 6 atom stereocenters. The van der Waals surface area contributed by atoms with E-state index in [4.69, 9.17) is 19.5 Å². The Morgan fingerprint density at radius 1 is 1.00 bits per heavy atom. The van der Waals surface area contributed by atoms with E-state index in [1.807, 2.05) is 29.2 Å². The molecule has 0 bridgehead atoms. The second kappa shape index (κ2) is 18.4. The first kappa shape index (κ1) is 40.0. The molecule has 56 heavy (non-hydrogen) atoms. The van der Waals surface area contributed by atoms with Crippen molar-refractivity contribution < 1.29 is 34.4 Å². The Labute approximate surface area is 332 Å². The van der Waals surface area contributed by atoms with E-state index in [0.29, 0.717) is 43.9 Å². The number of hydrogen-bond donors (Lipinski definition) is 3. The third-order valence-electron chi connectivity index (χ3n) is 13.0. The Bertz CT molecular complexity index is 1880. The molecule has 6 unspecified atom stereocenters. The van der Waals surface area contributed by atoms with Crippen LogP contribution in [-0.2, 0) is 20.9 Å². The number of aliphatic hydroxyl groups excluding tert-OH is 2. The van der Waals surface area contributed by atoms with E-state index in [2.05, 4.69) is 43.0 Å². The van der Waals surface area contributed by atoms with E-state index < -0.39 is 17.7 Å². The number of carbonyl (C=O) groups is 1. The van der Waals surface area contributed by atoms with E-state index in [1.54, 1.807) is 19.3 Å². The first-order valence-electron chi connectivity index (χ1n) is 21.0. The molecule has 3 aromatic rings. The van der Waals surface area contributed by atoms with Crippen molar-refractivity contribution in [1.82, 2.24) is 4.90 Å². The molecule has 9 heteroatoms. The number of benzene rings is 3. The number of nitrogens with zero attached hydrogens (tertiary/aromatic N) is 2. The van der Waals surface area contributed by atoms with Gasteiger partial charge in [-0.3, -0.25) is 4.79 Å². The van der Waals surface area contributed by atoms with Gasteiger partial charge in [0.2, 0.25) is 11.7 Å². The summed E-state index contributed by atoms with van der Waals surface area (Å²) in [5.41, 5.74) is 3.71. The van der Waals surface area contributed by atoms with Crippen LogP contribution in [0.25, 0.3) is 10.8 Å². The van der Waals surface area contributed by atoms with Gasteiger partial charge in [-0.2, -0.15) is 0 Å². The molecule has 4 aliphatic rings. The monoisotopic (exact) mass is 764 g/mol. The fourth-order valence-corrected chi connectivity index (χ4v) is 10.5. The maximum absolute atomic E-state index is 15.1. The van der Waals surface area contributed by atoms with Gasteiger partial charge < -0.3 is 34.5 Å². The van der Waals surface area contributed by atoms with Crippen molar-refractivity contribution in [2.24, 2.45) is 28.8 Å². The Kier molecular flexibility index (Phi) is 13.1. The molecule has 3 aromatic carbocycles. The summed E-state index contributed by atoms with van der Waals surface area (Å²) in [5.74, 6) is -0.288. The van der Waals surface area contributed by atoms with Crippen molar-refractivity contribution in [1.29, 1.82) is 0 Å². The van der Waals surface area contributed by atoms with E-state index in [9.17, 15) is 15.3 Å². The minimum atomic E-state index is -1.33. The maximum Gasteiger partial charge on any atom is 0.239 e. The second-order valence-corrected chi connectivity index (χ2v) is 16.3. The molecule has 0 saturated heterocycles. The molecular weight excluding hydrogens is 705 g/mol. The van der Waals surface area contributed by atoms with Crippen molar-refractivity contribution in [3.63, 3.8) is 0 Å². The van der Waals surface area contributed by atoms with Gasteiger partial charge >= 0.3 is 0 Å². The molecule has 3 aliphatic carbocycles. The van der Waals surface area contributed by atoms with E-state index >= 15 is 4.79 Å². The van der Waals surface area contributed by atoms with Gasteiger partial charge in [0.1, 0.15) is 24.7 Å². The average Bonchev–Trinajstić information content (AvgIpc) is 3.74. The lowest BCUT2D eigenvalue weighted by Gasteiger charge is -2.60. The molecule has 300 valence electrons. The predicted molar refractivity (Wildman–Crippen MR) is 219 cm³/mol. The molecule has 1 amide bonds. The van der Waals surface area contributed by atoms with Crippen LogP contribution >= 0.6 is 0 Å². The Hall–Kier alpha value is -4.18. The lowest BCUT2D eigenvalue weighted by Crippen LogP contribution is -2.70. The van der Waals surface area contributed by atoms with Gasteiger partial charge in [0.15, 0.2) is 0 Å². The minimum Gasteiger partial charge on any atom is -0.508 e. The lowest BCUT2D eigenvalue weighted by atomic mass is 9.55. The van der Waals surface area contributed by atoms with E-state index in [1.165, 1.54) is 25.7 Å². The zero-order valence-corrected chi connectivity index (χ0v) is 33.0. The molecule has 9 nitrogen and oxygen atoms in total. The summed E-state index contributed by atoms with van der Waals surface area (Å²) in [6.07, 6.45) is 15.3. The molecular formula is C47H60N2O7. The SMILES string of the molecule is C=CCOC12Oc3ccc(O)cc3C3C(CCCCO)C(CCCCO)C=C(C(=NOC)CC1N(Cc1cccc4ccccc14)C(=O)CCC1CCCC1)C32. The highest BCUT2D eigenvalue weighted by Crippen LogP contribution is 2.62. The highest BCUT2D eigenvalue weighted by atomic mass is 16.7. The number of fused-ring (bicyclic) bond motifs is 3. The van der Waals surface area contributed by atoms with Gasteiger partial charge in [-0.1, -0.05) is 98.3 Å². The fraction of sp³-hybridized carbons (Fsp3) is 0.532. The summed E-state index contributed by atoms with van der Waals surface area (Å²) in [5, 5.41) is 37.6. The van der Waals surface area contributed by atoms with Crippen molar-refractivity contribution in [3.05, 3.63) is 96.1 Å².